The molecular weight excluding hydrogens is 248 g/mol. The molecule has 0 unspecified atom stereocenters. The van der Waals surface area contributed by atoms with Gasteiger partial charge in [-0.3, -0.25) is 9.59 Å². The van der Waals surface area contributed by atoms with Gasteiger partial charge in [0.05, 0.1) is 6.54 Å². The minimum Gasteiger partial charge on any atom is -0.504 e. The van der Waals surface area contributed by atoms with Gasteiger partial charge in [-0.25, -0.2) is 0 Å². The molecule has 0 aliphatic heterocycles. The Hall–Kier alpha value is -2.24. The van der Waals surface area contributed by atoms with E-state index < -0.39 is 0 Å². The molecule has 0 radical (unpaired) electrons. The highest BCUT2D eigenvalue weighted by Crippen LogP contribution is 2.25. The molecule has 1 aromatic carbocycles. The van der Waals surface area contributed by atoms with Gasteiger partial charge in [-0.15, -0.1) is 0 Å². The number of carbonyl (C=O) groups excluding carboxylic acids is 2. The number of aromatic hydroxyl groups is 2. The van der Waals surface area contributed by atoms with E-state index in [0.29, 0.717) is 13.1 Å². The van der Waals surface area contributed by atoms with Gasteiger partial charge in [0.2, 0.25) is 5.91 Å². The van der Waals surface area contributed by atoms with E-state index >= 15 is 0 Å². The third-order valence-corrected chi connectivity index (χ3v) is 2.60. The first kappa shape index (κ1) is 14.8. The molecule has 0 saturated carbocycles. The van der Waals surface area contributed by atoms with E-state index in [2.05, 4.69) is 5.32 Å². The van der Waals surface area contributed by atoms with Crippen LogP contribution in [-0.4, -0.2) is 46.6 Å². The maximum atomic E-state index is 12.1. The smallest absolute Gasteiger partial charge is 0.254 e. The predicted molar refractivity (Wildman–Crippen MR) is 70.0 cm³/mol. The van der Waals surface area contributed by atoms with Gasteiger partial charge in [0.25, 0.3) is 5.91 Å². The second-order valence-corrected chi connectivity index (χ2v) is 3.98. The maximum Gasteiger partial charge on any atom is 0.254 e. The molecule has 0 aliphatic rings. The first-order valence-corrected chi connectivity index (χ1v) is 6.07. The topological polar surface area (TPSA) is 89.9 Å². The highest BCUT2D eigenvalue weighted by Gasteiger charge is 2.18. The molecule has 0 aliphatic carbocycles. The van der Waals surface area contributed by atoms with Crippen LogP contribution in [0.2, 0.25) is 0 Å². The van der Waals surface area contributed by atoms with E-state index in [1.807, 2.05) is 0 Å². The average Bonchev–Trinajstić information content (AvgIpc) is 2.38. The number of likely N-dealkylation sites (N-methyl/N-ethyl adjacent to an activating group) is 2. The zero-order valence-electron chi connectivity index (χ0n) is 11.0. The molecular formula is C13H18N2O4. The van der Waals surface area contributed by atoms with Crippen LogP contribution in [0.1, 0.15) is 24.2 Å². The largest absolute Gasteiger partial charge is 0.504 e. The van der Waals surface area contributed by atoms with Crippen LogP contribution in [-0.2, 0) is 4.79 Å². The number of hydrogen-bond donors (Lipinski definition) is 3. The number of rotatable bonds is 5. The maximum absolute atomic E-state index is 12.1. The van der Waals surface area contributed by atoms with E-state index in [1.54, 1.807) is 13.8 Å². The normalized spacial score (nSPS) is 10.0. The van der Waals surface area contributed by atoms with Crippen molar-refractivity contribution in [2.24, 2.45) is 0 Å². The molecule has 19 heavy (non-hydrogen) atoms. The van der Waals surface area contributed by atoms with Crippen LogP contribution < -0.4 is 5.32 Å². The molecule has 0 atom stereocenters. The minimum absolute atomic E-state index is 0.0369. The second-order valence-electron chi connectivity index (χ2n) is 3.98. The van der Waals surface area contributed by atoms with Crippen molar-refractivity contribution >= 4 is 11.8 Å². The van der Waals surface area contributed by atoms with Gasteiger partial charge < -0.3 is 20.4 Å². The van der Waals surface area contributed by atoms with Gasteiger partial charge in [0.1, 0.15) is 0 Å². The summed E-state index contributed by atoms with van der Waals surface area (Å²) in [6, 6.07) is 3.82. The quantitative estimate of drug-likeness (QED) is 0.684. The number of carbonyl (C=O) groups is 2. The van der Waals surface area contributed by atoms with Crippen molar-refractivity contribution in [1.82, 2.24) is 10.2 Å². The van der Waals surface area contributed by atoms with E-state index in [9.17, 15) is 19.8 Å². The minimum atomic E-state index is -0.371. The van der Waals surface area contributed by atoms with Crippen molar-refractivity contribution in [2.45, 2.75) is 13.8 Å². The van der Waals surface area contributed by atoms with Crippen LogP contribution in [0, 0.1) is 0 Å². The fourth-order valence-electron chi connectivity index (χ4n) is 1.59. The van der Waals surface area contributed by atoms with Crippen molar-refractivity contribution in [3.63, 3.8) is 0 Å². The molecule has 1 rings (SSSR count). The Bertz CT molecular complexity index is 474. The molecule has 3 N–H and O–H groups in total. The van der Waals surface area contributed by atoms with Crippen LogP contribution >= 0.6 is 0 Å². The van der Waals surface area contributed by atoms with Crippen molar-refractivity contribution < 1.29 is 19.8 Å². The van der Waals surface area contributed by atoms with Crippen molar-refractivity contribution in [3.8, 4) is 11.5 Å². The average molecular weight is 266 g/mol. The van der Waals surface area contributed by atoms with E-state index in [1.165, 1.54) is 23.1 Å². The van der Waals surface area contributed by atoms with Gasteiger partial charge in [-0.1, -0.05) is 0 Å². The molecule has 0 fully saturated rings. The summed E-state index contributed by atoms with van der Waals surface area (Å²) in [6.45, 7) is 4.40. The van der Waals surface area contributed by atoms with Gasteiger partial charge in [-0.05, 0) is 32.0 Å². The fraction of sp³-hybridized carbons (Fsp3) is 0.385. The van der Waals surface area contributed by atoms with Crippen LogP contribution in [0.15, 0.2) is 18.2 Å². The molecule has 6 heteroatoms. The Labute approximate surface area is 111 Å². The first-order valence-electron chi connectivity index (χ1n) is 6.07. The lowest BCUT2D eigenvalue weighted by molar-refractivity contribution is -0.121. The lowest BCUT2D eigenvalue weighted by Gasteiger charge is -2.20. The third-order valence-electron chi connectivity index (χ3n) is 2.60. The van der Waals surface area contributed by atoms with Crippen molar-refractivity contribution in [3.05, 3.63) is 23.8 Å². The summed E-state index contributed by atoms with van der Waals surface area (Å²) in [5, 5.41) is 21.2. The highest BCUT2D eigenvalue weighted by atomic mass is 16.3. The zero-order chi connectivity index (χ0) is 14.4. The second kappa shape index (κ2) is 6.63. The Morgan fingerprint density at radius 3 is 2.42 bits per heavy atom. The number of benzene rings is 1. The summed E-state index contributed by atoms with van der Waals surface area (Å²) in [6.07, 6.45) is 0. The number of nitrogens with zero attached hydrogens (tertiary/aromatic N) is 1. The monoisotopic (exact) mass is 266 g/mol. The number of amides is 2. The molecule has 0 saturated heterocycles. The Morgan fingerprint density at radius 1 is 1.21 bits per heavy atom. The number of phenolic OH excluding ortho intramolecular Hbond substituents is 2. The Morgan fingerprint density at radius 2 is 1.89 bits per heavy atom. The lowest BCUT2D eigenvalue weighted by Crippen LogP contribution is -2.40. The lowest BCUT2D eigenvalue weighted by atomic mass is 10.1. The molecule has 1 aromatic rings. The molecule has 0 bridgehead atoms. The number of nitrogens with one attached hydrogen (secondary N) is 1. The summed E-state index contributed by atoms with van der Waals surface area (Å²) in [4.78, 5) is 25.0. The number of phenols is 2. The van der Waals surface area contributed by atoms with Gasteiger partial charge >= 0.3 is 0 Å². The van der Waals surface area contributed by atoms with E-state index in [4.69, 9.17) is 0 Å². The predicted octanol–water partition coefficient (Wildman–Crippen LogP) is 0.696. The van der Waals surface area contributed by atoms with Gasteiger partial charge in [0.15, 0.2) is 11.5 Å². The standard InChI is InChI=1S/C13H18N2O4/c1-3-14-12(18)8-15(4-2)13(19)9-5-6-10(16)11(17)7-9/h5-7,16-17H,3-4,8H2,1-2H3,(H,14,18). The molecule has 6 nitrogen and oxygen atoms in total. The van der Waals surface area contributed by atoms with Crippen LogP contribution in [0.25, 0.3) is 0 Å². The first-order chi connectivity index (χ1) is 8.99. The van der Waals surface area contributed by atoms with E-state index in [0.717, 1.165) is 0 Å². The molecule has 0 heterocycles. The van der Waals surface area contributed by atoms with Crippen LogP contribution in [0.3, 0.4) is 0 Å². The fourth-order valence-corrected chi connectivity index (χ4v) is 1.59. The summed E-state index contributed by atoms with van der Waals surface area (Å²) in [5.74, 6) is -1.26. The van der Waals surface area contributed by atoms with E-state index in [-0.39, 0.29) is 35.4 Å². The van der Waals surface area contributed by atoms with Crippen LogP contribution in [0.4, 0.5) is 0 Å². The molecule has 0 spiro atoms. The Kier molecular flexibility index (Phi) is 5.17. The summed E-state index contributed by atoms with van der Waals surface area (Å²) >= 11 is 0. The van der Waals surface area contributed by atoms with Gasteiger partial charge in [0, 0.05) is 18.7 Å². The summed E-state index contributed by atoms with van der Waals surface area (Å²) in [5.41, 5.74) is 0.224. The zero-order valence-corrected chi connectivity index (χ0v) is 11.0. The van der Waals surface area contributed by atoms with Gasteiger partial charge in [-0.2, -0.15) is 0 Å². The summed E-state index contributed by atoms with van der Waals surface area (Å²) < 4.78 is 0. The molecule has 104 valence electrons. The molecule has 0 aromatic heterocycles. The highest BCUT2D eigenvalue weighted by molar-refractivity contribution is 5.97. The van der Waals surface area contributed by atoms with Crippen LogP contribution in [0.5, 0.6) is 11.5 Å². The van der Waals surface area contributed by atoms with Crippen molar-refractivity contribution in [1.29, 1.82) is 0 Å². The Balaban J connectivity index is 2.83. The summed E-state index contributed by atoms with van der Waals surface area (Å²) in [7, 11) is 0. The third kappa shape index (κ3) is 3.87. The van der Waals surface area contributed by atoms with Crippen molar-refractivity contribution in [2.75, 3.05) is 19.6 Å². The number of hydrogen-bond acceptors (Lipinski definition) is 4. The SMILES string of the molecule is CCNC(=O)CN(CC)C(=O)c1ccc(O)c(O)c1. The molecule has 2 amide bonds.